The Morgan fingerprint density at radius 1 is 0.403 bits per heavy atom. The third-order valence-electron chi connectivity index (χ3n) is 16.3. The van der Waals surface area contributed by atoms with Gasteiger partial charge >= 0.3 is 0 Å². The molecule has 0 unspecified atom stereocenters. The molecule has 3 aliphatic rings. The second-order valence-corrected chi connectivity index (χ2v) is 21.2. The van der Waals surface area contributed by atoms with Crippen LogP contribution in [-0.4, -0.2) is 19.5 Å². The average Bonchev–Trinajstić information content (AvgIpc) is 4.12. The number of nitrogens with zero attached hydrogens (tertiary/aromatic N) is 4. The van der Waals surface area contributed by atoms with Gasteiger partial charge in [0.1, 0.15) is 0 Å². The summed E-state index contributed by atoms with van der Waals surface area (Å²) in [7, 11) is 0. The van der Waals surface area contributed by atoms with E-state index in [0.29, 0.717) is 17.5 Å². The zero-order chi connectivity index (χ0) is 47.5. The van der Waals surface area contributed by atoms with Gasteiger partial charge in [0.2, 0.25) is 0 Å². The van der Waals surface area contributed by atoms with E-state index in [1.165, 1.54) is 104 Å². The number of benzene rings is 10. The van der Waals surface area contributed by atoms with Crippen LogP contribution in [0.1, 0.15) is 47.2 Å². The zero-order valence-electron chi connectivity index (χ0n) is 39.5. The molecule has 0 fully saturated rings. The van der Waals surface area contributed by atoms with Crippen LogP contribution in [-0.2, 0) is 10.8 Å². The van der Waals surface area contributed by atoms with Crippen LogP contribution in [0.15, 0.2) is 218 Å². The third kappa shape index (κ3) is 5.12. The minimum Gasteiger partial charge on any atom is -0.308 e. The van der Waals surface area contributed by atoms with Gasteiger partial charge in [-0.05, 0) is 92.0 Å². The van der Waals surface area contributed by atoms with Gasteiger partial charge in [-0.25, -0.2) is 15.0 Å². The van der Waals surface area contributed by atoms with E-state index >= 15 is 0 Å². The molecule has 0 atom stereocenters. The largest absolute Gasteiger partial charge is 0.308 e. The van der Waals surface area contributed by atoms with E-state index in [9.17, 15) is 0 Å². The summed E-state index contributed by atoms with van der Waals surface area (Å²) < 4.78 is 4.94. The Morgan fingerprint density at radius 2 is 1.00 bits per heavy atom. The zero-order valence-corrected chi connectivity index (χ0v) is 40.3. The highest BCUT2D eigenvalue weighted by Gasteiger charge is 2.47. The van der Waals surface area contributed by atoms with Gasteiger partial charge in [0.05, 0.1) is 22.1 Å². The lowest BCUT2D eigenvalue weighted by atomic mass is 9.67. The Balaban J connectivity index is 1.03. The van der Waals surface area contributed by atoms with Crippen LogP contribution in [0.3, 0.4) is 0 Å². The van der Waals surface area contributed by atoms with Crippen LogP contribution >= 0.6 is 11.3 Å². The number of thiophene rings is 1. The minimum absolute atomic E-state index is 0.300. The predicted octanol–water partition coefficient (Wildman–Crippen LogP) is 17.0. The van der Waals surface area contributed by atoms with E-state index in [0.717, 1.165) is 27.6 Å². The first-order chi connectivity index (χ1) is 35.5. The van der Waals surface area contributed by atoms with Gasteiger partial charge in [0.15, 0.2) is 17.5 Å². The highest BCUT2D eigenvalue weighted by molar-refractivity contribution is 7.26. The quantitative estimate of drug-likeness (QED) is 0.173. The number of para-hydroxylation sites is 2. The first kappa shape index (κ1) is 40.0. The number of aromatic nitrogens is 4. The Hall–Kier alpha value is -8.77. The van der Waals surface area contributed by atoms with Gasteiger partial charge in [-0.1, -0.05) is 196 Å². The fraction of sp³-hybridized carbons (Fsp3) is 0.0597. The molecule has 0 saturated heterocycles. The van der Waals surface area contributed by atoms with Crippen molar-refractivity contribution in [2.75, 3.05) is 0 Å². The molecular weight excluding hydrogens is 893 g/mol. The standard InChI is InChI=1S/C67H42N4S/c1-66(2)52-31-18-27-46-44-24-10-14-32-55(44)71-56-33-15-11-26-48(56)58-50(38-54(66)60(59(46)52)61(58)71)65-69-63(68-64(70-65)49-29-17-28-47-45-25-12-16-34-57(45)72-62(47)49)39-35-36-43-42-23-9-13-30-51(42)67(53(43)37-39,40-19-5-3-6-20-40)41-21-7-4-8-22-41/h3-38H,1-2H3. The average molecular weight is 935 g/mol. The maximum Gasteiger partial charge on any atom is 0.165 e. The summed E-state index contributed by atoms with van der Waals surface area (Å²) in [5, 5.41) is 4.77. The summed E-state index contributed by atoms with van der Waals surface area (Å²) in [4.78, 5) is 17.0. The molecule has 13 aromatic rings. The van der Waals surface area contributed by atoms with E-state index in [4.69, 9.17) is 15.0 Å². The second-order valence-electron chi connectivity index (χ2n) is 20.2. The van der Waals surface area contributed by atoms with Crippen molar-refractivity contribution in [2.24, 2.45) is 0 Å². The first-order valence-electron chi connectivity index (χ1n) is 24.9. The molecule has 16 rings (SSSR count). The Morgan fingerprint density at radius 3 is 1.82 bits per heavy atom. The molecule has 0 saturated carbocycles. The highest BCUT2D eigenvalue weighted by atomic mass is 32.1. The maximum absolute atomic E-state index is 5.73. The summed E-state index contributed by atoms with van der Waals surface area (Å²) in [6.07, 6.45) is 0. The smallest absolute Gasteiger partial charge is 0.165 e. The topological polar surface area (TPSA) is 43.6 Å². The van der Waals surface area contributed by atoms with E-state index < -0.39 is 5.41 Å². The van der Waals surface area contributed by atoms with Crippen molar-refractivity contribution in [3.05, 3.63) is 252 Å². The molecule has 336 valence electrons. The molecule has 0 amide bonds. The second kappa shape index (κ2) is 14.4. The Labute approximate surface area is 420 Å². The van der Waals surface area contributed by atoms with Gasteiger partial charge < -0.3 is 4.57 Å². The summed E-state index contributed by atoms with van der Waals surface area (Å²) in [6.45, 7) is 4.77. The van der Waals surface area contributed by atoms with Crippen molar-refractivity contribution in [2.45, 2.75) is 24.7 Å². The number of rotatable bonds is 5. The summed E-state index contributed by atoms with van der Waals surface area (Å²) in [5.74, 6) is 1.95. The minimum atomic E-state index is -0.582. The molecule has 4 heterocycles. The molecule has 0 radical (unpaired) electrons. The van der Waals surface area contributed by atoms with Gasteiger partial charge in [-0.3, -0.25) is 0 Å². The van der Waals surface area contributed by atoms with Crippen molar-refractivity contribution < 1.29 is 0 Å². The van der Waals surface area contributed by atoms with Crippen LogP contribution < -0.4 is 0 Å². The lowest BCUT2D eigenvalue weighted by Gasteiger charge is -2.34. The lowest BCUT2D eigenvalue weighted by molar-refractivity contribution is 0.661. The first-order valence-corrected chi connectivity index (χ1v) is 25.7. The number of fused-ring (bicyclic) bond motifs is 12. The SMILES string of the molecule is CC1(C)c2cccc3c2-c2c1cc(-c1nc(-c4ccc5c(c4)C(c4ccccc4)(c4ccccc4)c4ccccc4-5)nc(-c4cccc5c4sc4ccccc45)n1)c1c4ccccc4n(c21)-c1ccccc1-3. The van der Waals surface area contributed by atoms with Crippen molar-refractivity contribution in [1.29, 1.82) is 0 Å². The van der Waals surface area contributed by atoms with Gasteiger partial charge in [0.25, 0.3) is 0 Å². The van der Waals surface area contributed by atoms with Crippen LogP contribution in [0.4, 0.5) is 0 Å². The van der Waals surface area contributed by atoms with Crippen LogP contribution in [0.25, 0.3) is 115 Å². The molecule has 5 heteroatoms. The van der Waals surface area contributed by atoms with Crippen LogP contribution in [0, 0.1) is 0 Å². The van der Waals surface area contributed by atoms with Crippen molar-refractivity contribution in [1.82, 2.24) is 19.5 Å². The van der Waals surface area contributed by atoms with Crippen LogP contribution in [0.2, 0.25) is 0 Å². The third-order valence-corrected chi connectivity index (χ3v) is 17.5. The number of hydrogen-bond acceptors (Lipinski definition) is 4. The highest BCUT2D eigenvalue weighted by Crippen LogP contribution is 2.60. The molecule has 1 aliphatic heterocycles. The van der Waals surface area contributed by atoms with Gasteiger partial charge in [0, 0.05) is 64.2 Å². The normalized spacial score (nSPS) is 14.2. The molecule has 0 spiro atoms. The molecule has 72 heavy (non-hydrogen) atoms. The summed E-state index contributed by atoms with van der Waals surface area (Å²) in [6, 6.07) is 80.3. The molecule has 0 N–H and O–H groups in total. The fourth-order valence-corrected chi connectivity index (χ4v) is 14.4. The van der Waals surface area contributed by atoms with Crippen molar-refractivity contribution in [3.63, 3.8) is 0 Å². The molecular formula is C67H42N4S. The monoisotopic (exact) mass is 934 g/mol. The fourth-order valence-electron chi connectivity index (χ4n) is 13.2. The van der Waals surface area contributed by atoms with E-state index in [2.05, 4.69) is 237 Å². The van der Waals surface area contributed by atoms with Gasteiger partial charge in [-0.2, -0.15) is 0 Å². The lowest BCUT2D eigenvalue weighted by Crippen LogP contribution is -2.28. The Bertz CT molecular complexity index is 4440. The Kier molecular flexibility index (Phi) is 8.01. The van der Waals surface area contributed by atoms with E-state index in [1.54, 1.807) is 11.3 Å². The summed E-state index contributed by atoms with van der Waals surface area (Å²) in [5.41, 5.74) is 20.7. The summed E-state index contributed by atoms with van der Waals surface area (Å²) >= 11 is 1.81. The van der Waals surface area contributed by atoms with E-state index in [-0.39, 0.29) is 5.41 Å². The molecule has 3 aromatic heterocycles. The van der Waals surface area contributed by atoms with Crippen molar-refractivity contribution in [3.8, 4) is 73.2 Å². The van der Waals surface area contributed by atoms with Crippen molar-refractivity contribution >= 4 is 53.3 Å². The molecule has 4 nitrogen and oxygen atoms in total. The van der Waals surface area contributed by atoms with Crippen LogP contribution in [0.5, 0.6) is 0 Å². The molecule has 0 bridgehead atoms. The maximum atomic E-state index is 5.73. The molecule has 10 aromatic carbocycles. The number of hydrogen-bond donors (Lipinski definition) is 0. The predicted molar refractivity (Wildman–Crippen MR) is 297 cm³/mol. The molecule has 2 aliphatic carbocycles. The van der Waals surface area contributed by atoms with Gasteiger partial charge in [-0.15, -0.1) is 11.3 Å². The van der Waals surface area contributed by atoms with E-state index in [1.807, 2.05) is 0 Å².